The molecule has 0 aliphatic rings. The second-order valence-electron chi connectivity index (χ2n) is 2.36. The molecule has 1 aromatic carbocycles. The first kappa shape index (κ1) is 10.6. The molecule has 0 fully saturated rings. The van der Waals surface area contributed by atoms with Crippen LogP contribution in [0.1, 0.15) is 11.1 Å². The molecule has 0 saturated heterocycles. The van der Waals surface area contributed by atoms with Crippen LogP contribution in [0.4, 0.5) is 0 Å². The van der Waals surface area contributed by atoms with Crippen LogP contribution in [0, 0.1) is 0 Å². The van der Waals surface area contributed by atoms with Crippen LogP contribution in [0.5, 0.6) is 0 Å². The summed E-state index contributed by atoms with van der Waals surface area (Å²) in [5.41, 5.74) is -0.790. The van der Waals surface area contributed by atoms with E-state index in [1.165, 1.54) is 18.6 Å². The molecule has 1 aromatic rings. The molecule has 14 heavy (non-hydrogen) atoms. The topological polar surface area (TPSA) is 88.5 Å². The van der Waals surface area contributed by atoms with Crippen molar-refractivity contribution in [3.05, 3.63) is 29.3 Å². The number of rotatable bonds is 3. The summed E-state index contributed by atoms with van der Waals surface area (Å²) in [6.45, 7) is 0. The highest BCUT2D eigenvalue weighted by Crippen LogP contribution is 2.17. The molecule has 6 heteroatoms. The van der Waals surface area contributed by atoms with Crippen molar-refractivity contribution >= 4 is 22.7 Å². The highest BCUT2D eigenvalue weighted by Gasteiger charge is 2.20. The van der Waals surface area contributed by atoms with Crippen molar-refractivity contribution in [2.75, 3.05) is 0 Å². The minimum atomic E-state index is -4.61. The highest BCUT2D eigenvalue weighted by atomic mass is 32.2. The molecule has 0 bridgehead atoms. The van der Waals surface area contributed by atoms with Gasteiger partial charge in [0.15, 0.2) is 0 Å². The van der Waals surface area contributed by atoms with Gasteiger partial charge in [-0.15, -0.1) is 0 Å². The summed E-state index contributed by atoms with van der Waals surface area (Å²) in [4.78, 5) is 19.9. The number of hydrogen-bond acceptors (Lipinski definition) is 4. The van der Waals surface area contributed by atoms with Crippen molar-refractivity contribution in [2.45, 2.75) is 4.90 Å². The van der Waals surface area contributed by atoms with Crippen molar-refractivity contribution < 1.29 is 22.6 Å². The summed E-state index contributed by atoms with van der Waals surface area (Å²) in [5.74, 6) is 0. The van der Waals surface area contributed by atoms with Gasteiger partial charge in [0.2, 0.25) is 12.6 Å². The lowest BCUT2D eigenvalue weighted by Gasteiger charge is -2.01. The van der Waals surface area contributed by atoms with Gasteiger partial charge in [0.25, 0.3) is 10.1 Å². The fourth-order valence-electron chi connectivity index (χ4n) is 0.976. The SMILES string of the molecule is O=[C]c1cccc([C]=O)c1S(=O)(=O)O. The van der Waals surface area contributed by atoms with E-state index in [1.54, 1.807) is 0 Å². The summed E-state index contributed by atoms with van der Waals surface area (Å²) in [5, 5.41) is 0. The minimum Gasteiger partial charge on any atom is -0.285 e. The Bertz CT molecular complexity index is 448. The molecule has 0 aromatic heterocycles. The second kappa shape index (κ2) is 3.69. The molecule has 5 nitrogen and oxygen atoms in total. The van der Waals surface area contributed by atoms with Gasteiger partial charge in [0.05, 0.1) is 0 Å². The number of carbonyl (C=O) groups excluding carboxylic acids is 2. The first-order chi connectivity index (χ1) is 6.50. The van der Waals surface area contributed by atoms with E-state index in [9.17, 15) is 18.0 Å². The summed E-state index contributed by atoms with van der Waals surface area (Å²) >= 11 is 0. The van der Waals surface area contributed by atoms with Crippen LogP contribution in [0.2, 0.25) is 0 Å². The van der Waals surface area contributed by atoms with Crippen molar-refractivity contribution in [1.29, 1.82) is 0 Å². The van der Waals surface area contributed by atoms with E-state index in [4.69, 9.17) is 4.55 Å². The van der Waals surface area contributed by atoms with Crippen LogP contribution >= 0.6 is 0 Å². The summed E-state index contributed by atoms with van der Waals surface area (Å²) in [6, 6.07) is 3.53. The average molecular weight is 212 g/mol. The minimum absolute atomic E-state index is 0.395. The maximum Gasteiger partial charge on any atom is 0.296 e. The zero-order valence-electron chi connectivity index (χ0n) is 6.72. The molecule has 0 atom stereocenters. The van der Waals surface area contributed by atoms with Crippen LogP contribution < -0.4 is 0 Å². The Hall–Kier alpha value is -1.53. The molecule has 2 radical (unpaired) electrons. The zero-order chi connectivity index (χ0) is 10.8. The Balaban J connectivity index is 3.66. The molecular formula is C8H4O5S. The summed E-state index contributed by atoms with van der Waals surface area (Å²) in [6.07, 6.45) is 2.62. The molecule has 1 N–H and O–H groups in total. The fraction of sp³-hybridized carbons (Fsp3) is 0. The van der Waals surface area contributed by atoms with E-state index in [2.05, 4.69) is 0 Å². The lowest BCUT2D eigenvalue weighted by molar-refractivity contribution is 0.481. The maximum absolute atomic E-state index is 10.8. The Morgan fingerprint density at radius 1 is 1.07 bits per heavy atom. The predicted octanol–water partition coefficient (Wildman–Crippen LogP) is -0.151. The molecular weight excluding hydrogens is 208 g/mol. The normalized spacial score (nSPS) is 10.9. The van der Waals surface area contributed by atoms with Crippen LogP contribution in [-0.4, -0.2) is 25.5 Å². The zero-order valence-corrected chi connectivity index (χ0v) is 7.54. The van der Waals surface area contributed by atoms with Gasteiger partial charge in [0.1, 0.15) is 4.90 Å². The van der Waals surface area contributed by atoms with E-state index < -0.39 is 26.1 Å². The molecule has 0 heterocycles. The van der Waals surface area contributed by atoms with Crippen molar-refractivity contribution in [1.82, 2.24) is 0 Å². The third kappa shape index (κ3) is 1.86. The van der Waals surface area contributed by atoms with E-state index in [0.29, 0.717) is 0 Å². The third-order valence-electron chi connectivity index (χ3n) is 1.49. The second-order valence-corrected chi connectivity index (χ2v) is 3.72. The first-order valence-electron chi connectivity index (χ1n) is 3.37. The quantitative estimate of drug-likeness (QED) is 0.704. The monoisotopic (exact) mass is 212 g/mol. The van der Waals surface area contributed by atoms with Crippen molar-refractivity contribution in [3.8, 4) is 0 Å². The van der Waals surface area contributed by atoms with Gasteiger partial charge in [-0.2, -0.15) is 8.42 Å². The van der Waals surface area contributed by atoms with E-state index in [1.807, 2.05) is 0 Å². The predicted molar refractivity (Wildman–Crippen MR) is 45.8 cm³/mol. The molecule has 0 saturated carbocycles. The van der Waals surface area contributed by atoms with E-state index in [0.717, 1.165) is 12.1 Å². The van der Waals surface area contributed by atoms with Gasteiger partial charge in [-0.3, -0.25) is 14.1 Å². The van der Waals surface area contributed by atoms with Crippen molar-refractivity contribution in [2.24, 2.45) is 0 Å². The average Bonchev–Trinajstić information content (AvgIpc) is 2.15. The Morgan fingerprint density at radius 3 is 1.79 bits per heavy atom. The Kier molecular flexibility index (Phi) is 2.78. The van der Waals surface area contributed by atoms with Crippen molar-refractivity contribution in [3.63, 3.8) is 0 Å². The van der Waals surface area contributed by atoms with Crippen LogP contribution in [0.15, 0.2) is 23.1 Å². The Labute approximate surface area is 80.1 Å². The smallest absolute Gasteiger partial charge is 0.285 e. The van der Waals surface area contributed by atoms with Gasteiger partial charge in [-0.1, -0.05) is 6.07 Å². The van der Waals surface area contributed by atoms with Gasteiger partial charge < -0.3 is 0 Å². The maximum atomic E-state index is 10.8. The Morgan fingerprint density at radius 2 is 1.50 bits per heavy atom. The van der Waals surface area contributed by atoms with Crippen LogP contribution in [-0.2, 0) is 19.7 Å². The lowest BCUT2D eigenvalue weighted by atomic mass is 10.1. The largest absolute Gasteiger partial charge is 0.296 e. The molecule has 0 aliphatic carbocycles. The first-order valence-corrected chi connectivity index (χ1v) is 4.81. The van der Waals surface area contributed by atoms with Gasteiger partial charge in [-0.25, -0.2) is 0 Å². The summed E-state index contributed by atoms with van der Waals surface area (Å²) < 4.78 is 30.3. The molecule has 0 spiro atoms. The molecule has 72 valence electrons. The fourth-order valence-corrected chi connectivity index (χ4v) is 1.75. The van der Waals surface area contributed by atoms with E-state index in [-0.39, 0.29) is 0 Å². The summed E-state index contributed by atoms with van der Waals surface area (Å²) in [7, 11) is -4.61. The number of benzene rings is 1. The molecule has 1 rings (SSSR count). The van der Waals surface area contributed by atoms with Gasteiger partial charge in [-0.05, 0) is 12.1 Å². The van der Waals surface area contributed by atoms with Gasteiger partial charge in [0, 0.05) is 11.1 Å². The van der Waals surface area contributed by atoms with Crippen LogP contribution in [0.3, 0.4) is 0 Å². The van der Waals surface area contributed by atoms with Gasteiger partial charge >= 0.3 is 0 Å². The lowest BCUT2D eigenvalue weighted by Crippen LogP contribution is -2.06. The molecule has 0 unspecified atom stereocenters. The standard InChI is InChI=1S/C8H4O5S/c9-4-6-2-1-3-7(5-10)8(6)14(11,12)13/h1-3H,(H,11,12,13). The van der Waals surface area contributed by atoms with E-state index >= 15 is 0 Å². The number of hydrogen-bond donors (Lipinski definition) is 1. The molecule has 0 aliphatic heterocycles. The molecule has 0 amide bonds. The third-order valence-corrected chi connectivity index (χ3v) is 2.45. The highest BCUT2D eigenvalue weighted by molar-refractivity contribution is 7.86. The van der Waals surface area contributed by atoms with Crippen LogP contribution in [0.25, 0.3) is 0 Å².